The Balaban J connectivity index is 1.64. The molecule has 0 bridgehead atoms. The van der Waals surface area contributed by atoms with Gasteiger partial charge >= 0.3 is 5.97 Å². The van der Waals surface area contributed by atoms with Crippen LogP contribution in [0, 0.1) is 5.41 Å². The van der Waals surface area contributed by atoms with Gasteiger partial charge in [0.1, 0.15) is 11.7 Å². The summed E-state index contributed by atoms with van der Waals surface area (Å²) >= 11 is 0. The van der Waals surface area contributed by atoms with Gasteiger partial charge in [0.25, 0.3) is 10.0 Å². The van der Waals surface area contributed by atoms with Gasteiger partial charge in [-0.05, 0) is 49.2 Å². The Bertz CT molecular complexity index is 1510. The smallest absolute Gasteiger partial charge is 0.305 e. The summed E-state index contributed by atoms with van der Waals surface area (Å²) in [5, 5.41) is 7.59. The van der Waals surface area contributed by atoms with E-state index in [1.54, 1.807) is 49.4 Å². The van der Waals surface area contributed by atoms with Gasteiger partial charge in [0.2, 0.25) is 0 Å². The lowest BCUT2D eigenvalue weighted by molar-refractivity contribution is -0.143. The fraction of sp³-hybridized carbons (Fsp3) is 0.222. The lowest BCUT2D eigenvalue weighted by atomic mass is 10.1. The molecule has 3 aromatic carbocycles. The molecule has 0 aliphatic rings. The van der Waals surface area contributed by atoms with Crippen molar-refractivity contribution < 1.29 is 17.9 Å². The molecule has 0 saturated carbocycles. The highest BCUT2D eigenvalue weighted by Crippen LogP contribution is 2.25. The molecule has 4 N–H and O–H groups in total. The van der Waals surface area contributed by atoms with Crippen molar-refractivity contribution in [3.05, 3.63) is 89.7 Å². The number of fused-ring (bicyclic) bond motifs is 1. The van der Waals surface area contributed by atoms with Crippen LogP contribution in [0.25, 0.3) is 11.0 Å². The van der Waals surface area contributed by atoms with Gasteiger partial charge in [0, 0.05) is 24.9 Å². The van der Waals surface area contributed by atoms with E-state index in [4.69, 9.17) is 20.9 Å². The number of aryl methyl sites for hydroxylation is 1. The SMILES string of the molecule is CCOC(=O)CCCn1c(Cc2ccc(C(=N)N)cc2)nc2cc(NS(=O)(=O)c3ccccc3)ccc21. The van der Waals surface area contributed by atoms with Crippen LogP contribution >= 0.6 is 0 Å². The minimum Gasteiger partial charge on any atom is -0.466 e. The van der Waals surface area contributed by atoms with Gasteiger partial charge in [-0.3, -0.25) is 14.9 Å². The molecule has 10 heteroatoms. The van der Waals surface area contributed by atoms with Gasteiger partial charge in [-0.15, -0.1) is 0 Å². The molecule has 4 rings (SSSR count). The minimum absolute atomic E-state index is 0.00300. The van der Waals surface area contributed by atoms with E-state index in [1.807, 2.05) is 22.8 Å². The van der Waals surface area contributed by atoms with Crippen LogP contribution in [0.3, 0.4) is 0 Å². The molecule has 0 aliphatic heterocycles. The van der Waals surface area contributed by atoms with Gasteiger partial charge in [-0.2, -0.15) is 0 Å². The number of amidine groups is 1. The summed E-state index contributed by atoms with van der Waals surface area (Å²) in [6.07, 6.45) is 1.37. The van der Waals surface area contributed by atoms with E-state index in [0.717, 1.165) is 16.9 Å². The zero-order valence-electron chi connectivity index (χ0n) is 20.5. The van der Waals surface area contributed by atoms with Crippen molar-refractivity contribution in [3.8, 4) is 0 Å². The normalized spacial score (nSPS) is 11.4. The van der Waals surface area contributed by atoms with Crippen LogP contribution in [0.1, 0.15) is 36.7 Å². The average molecular weight is 520 g/mol. The number of nitrogen functional groups attached to an aromatic ring is 1. The van der Waals surface area contributed by atoms with Crippen LogP contribution in [0.5, 0.6) is 0 Å². The summed E-state index contributed by atoms with van der Waals surface area (Å²) in [6.45, 7) is 2.67. The number of hydrogen-bond donors (Lipinski definition) is 3. The van der Waals surface area contributed by atoms with Crippen LogP contribution in [-0.2, 0) is 32.5 Å². The molecule has 0 saturated heterocycles. The number of rotatable bonds is 11. The fourth-order valence-electron chi connectivity index (χ4n) is 4.04. The second kappa shape index (κ2) is 11.3. The number of sulfonamides is 1. The molecule has 0 atom stereocenters. The summed E-state index contributed by atoms with van der Waals surface area (Å²) in [5.74, 6) is 0.534. The minimum atomic E-state index is -3.74. The highest BCUT2D eigenvalue weighted by molar-refractivity contribution is 7.92. The second-order valence-electron chi connectivity index (χ2n) is 8.50. The molecule has 0 fully saturated rings. The molecule has 1 heterocycles. The lowest BCUT2D eigenvalue weighted by Crippen LogP contribution is -2.12. The summed E-state index contributed by atoms with van der Waals surface area (Å²) in [7, 11) is -3.74. The molecule has 37 heavy (non-hydrogen) atoms. The number of hydrogen-bond acceptors (Lipinski definition) is 6. The molecule has 1 aromatic heterocycles. The molecular weight excluding hydrogens is 490 g/mol. The first-order chi connectivity index (χ1) is 17.8. The van der Waals surface area contributed by atoms with Crippen LogP contribution in [0.15, 0.2) is 77.7 Å². The van der Waals surface area contributed by atoms with Crippen molar-refractivity contribution in [2.75, 3.05) is 11.3 Å². The van der Waals surface area contributed by atoms with E-state index in [-0.39, 0.29) is 23.1 Å². The van der Waals surface area contributed by atoms with Crippen molar-refractivity contribution in [1.82, 2.24) is 9.55 Å². The van der Waals surface area contributed by atoms with E-state index in [2.05, 4.69) is 4.72 Å². The first-order valence-corrected chi connectivity index (χ1v) is 13.4. The molecular formula is C27H29N5O4S. The number of aromatic nitrogens is 2. The maximum atomic E-state index is 12.8. The van der Waals surface area contributed by atoms with E-state index in [1.165, 1.54) is 12.1 Å². The molecule has 4 aromatic rings. The Hall–Kier alpha value is -4.18. The number of ether oxygens (including phenoxy) is 1. The van der Waals surface area contributed by atoms with Crippen LogP contribution in [0.4, 0.5) is 5.69 Å². The van der Waals surface area contributed by atoms with E-state index < -0.39 is 10.0 Å². The third-order valence-electron chi connectivity index (χ3n) is 5.83. The third-order valence-corrected chi connectivity index (χ3v) is 7.23. The van der Waals surface area contributed by atoms with Crippen LogP contribution in [-0.4, -0.2) is 36.4 Å². The topological polar surface area (TPSA) is 140 Å². The Morgan fingerprint density at radius 3 is 2.49 bits per heavy atom. The number of esters is 1. The number of anilines is 1. The van der Waals surface area contributed by atoms with Gasteiger partial charge in [-0.25, -0.2) is 13.4 Å². The van der Waals surface area contributed by atoms with E-state index in [0.29, 0.717) is 42.8 Å². The van der Waals surface area contributed by atoms with E-state index in [9.17, 15) is 13.2 Å². The fourth-order valence-corrected chi connectivity index (χ4v) is 5.11. The van der Waals surface area contributed by atoms with Crippen molar-refractivity contribution in [2.45, 2.75) is 37.6 Å². The lowest BCUT2D eigenvalue weighted by Gasteiger charge is -2.11. The maximum Gasteiger partial charge on any atom is 0.305 e. The molecule has 192 valence electrons. The number of benzene rings is 3. The van der Waals surface area contributed by atoms with Crippen molar-refractivity contribution in [2.24, 2.45) is 5.73 Å². The van der Waals surface area contributed by atoms with Gasteiger partial charge in [0.15, 0.2) is 0 Å². The first-order valence-electron chi connectivity index (χ1n) is 11.9. The Kier molecular flexibility index (Phi) is 7.88. The quantitative estimate of drug-likeness (QED) is 0.155. The predicted molar refractivity (Wildman–Crippen MR) is 143 cm³/mol. The summed E-state index contributed by atoms with van der Waals surface area (Å²) in [4.78, 5) is 16.8. The molecule has 0 spiro atoms. The average Bonchev–Trinajstić information content (AvgIpc) is 3.21. The first kappa shape index (κ1) is 25.9. The Morgan fingerprint density at radius 1 is 1.08 bits per heavy atom. The Labute approximate surface area is 215 Å². The van der Waals surface area contributed by atoms with Gasteiger partial charge in [-0.1, -0.05) is 42.5 Å². The molecule has 0 unspecified atom stereocenters. The number of carbonyl (C=O) groups excluding carboxylic acids is 1. The third kappa shape index (κ3) is 6.34. The van der Waals surface area contributed by atoms with Crippen LogP contribution in [0.2, 0.25) is 0 Å². The van der Waals surface area contributed by atoms with E-state index >= 15 is 0 Å². The summed E-state index contributed by atoms with van der Waals surface area (Å²) < 4.78 is 35.3. The number of carbonyl (C=O) groups is 1. The number of nitrogens with zero attached hydrogens (tertiary/aromatic N) is 2. The number of imidazole rings is 1. The highest BCUT2D eigenvalue weighted by Gasteiger charge is 2.17. The summed E-state index contributed by atoms with van der Waals surface area (Å²) in [6, 6.07) is 20.8. The van der Waals surface area contributed by atoms with Gasteiger partial charge < -0.3 is 15.0 Å². The largest absolute Gasteiger partial charge is 0.466 e. The van der Waals surface area contributed by atoms with Crippen molar-refractivity contribution >= 4 is 38.5 Å². The Morgan fingerprint density at radius 2 is 1.81 bits per heavy atom. The standard InChI is InChI=1S/C27H29N5O4S/c1-2-36-26(33)9-6-16-32-24-15-14-21(31-37(34,35)22-7-4-3-5-8-22)18-23(24)30-25(32)17-19-10-12-20(13-11-19)27(28)29/h3-5,7-8,10-15,18,31H,2,6,9,16-17H2,1H3,(H3,28,29). The number of nitrogens with two attached hydrogens (primary N) is 1. The van der Waals surface area contributed by atoms with Crippen molar-refractivity contribution in [3.63, 3.8) is 0 Å². The monoisotopic (exact) mass is 519 g/mol. The molecule has 0 radical (unpaired) electrons. The molecule has 0 aliphatic carbocycles. The highest BCUT2D eigenvalue weighted by atomic mass is 32.2. The molecule has 9 nitrogen and oxygen atoms in total. The second-order valence-corrected chi connectivity index (χ2v) is 10.2. The zero-order chi connectivity index (χ0) is 26.4. The predicted octanol–water partition coefficient (Wildman–Crippen LogP) is 4.06. The van der Waals surface area contributed by atoms with Gasteiger partial charge in [0.05, 0.1) is 28.2 Å². The zero-order valence-corrected chi connectivity index (χ0v) is 21.3. The van der Waals surface area contributed by atoms with Crippen LogP contribution < -0.4 is 10.5 Å². The summed E-state index contributed by atoms with van der Waals surface area (Å²) in [5.41, 5.74) is 9.07. The maximum absolute atomic E-state index is 12.8. The number of nitrogens with one attached hydrogen (secondary N) is 2. The van der Waals surface area contributed by atoms with Crippen molar-refractivity contribution in [1.29, 1.82) is 5.41 Å². The molecule has 0 amide bonds.